The summed E-state index contributed by atoms with van der Waals surface area (Å²) in [5, 5.41) is 17.3. The van der Waals surface area contributed by atoms with Crippen LogP contribution in [0, 0.1) is 0 Å². The minimum Gasteiger partial charge on any atom is -0.478 e. The van der Waals surface area contributed by atoms with Gasteiger partial charge in [-0.2, -0.15) is 0 Å². The van der Waals surface area contributed by atoms with Gasteiger partial charge in [0.1, 0.15) is 0 Å². The molecule has 0 saturated carbocycles. The Morgan fingerprint density at radius 2 is 0.629 bits per heavy atom. The Labute approximate surface area is 217 Å². The van der Waals surface area contributed by atoms with Crippen LogP contribution in [0.3, 0.4) is 0 Å². The second-order valence-electron chi connectivity index (χ2n) is 10.0. The van der Waals surface area contributed by atoms with Crippen LogP contribution in [0.4, 0.5) is 0 Å². The summed E-state index contributed by atoms with van der Waals surface area (Å²) in [6, 6.07) is 0. The van der Waals surface area contributed by atoms with Crippen molar-refractivity contribution in [3.63, 3.8) is 0 Å². The highest BCUT2D eigenvalue weighted by atomic mass is 16.4. The van der Waals surface area contributed by atoms with Gasteiger partial charge in [-0.1, -0.05) is 149 Å². The molecule has 0 aliphatic carbocycles. The maximum absolute atomic E-state index is 10.5. The molecule has 0 spiro atoms. The second kappa shape index (κ2) is 28.7. The molecule has 0 bridgehead atoms. The van der Waals surface area contributed by atoms with Crippen LogP contribution in [-0.4, -0.2) is 22.2 Å². The van der Waals surface area contributed by atoms with Gasteiger partial charge < -0.3 is 10.2 Å². The second-order valence-corrected chi connectivity index (χ2v) is 10.0. The smallest absolute Gasteiger partial charge is 0.330 e. The first kappa shape index (κ1) is 35.6. The molecule has 0 unspecified atom stereocenters. The SMILES string of the molecule is C=C(CCCCCCCCCCCC)C(=O)O.C=C(CCCCCCCCCCCCC)C(=O)O. The summed E-state index contributed by atoms with van der Waals surface area (Å²) in [7, 11) is 0. The minimum absolute atomic E-state index is 0.351. The van der Waals surface area contributed by atoms with E-state index < -0.39 is 11.9 Å². The third kappa shape index (κ3) is 30.4. The highest BCUT2D eigenvalue weighted by Crippen LogP contribution is 2.14. The molecule has 0 aromatic rings. The molecule has 4 nitrogen and oxygen atoms in total. The highest BCUT2D eigenvalue weighted by Gasteiger charge is 2.03. The first-order valence-electron chi connectivity index (χ1n) is 14.7. The van der Waals surface area contributed by atoms with E-state index in [1.54, 1.807) is 0 Å². The lowest BCUT2D eigenvalue weighted by atomic mass is 10.0. The van der Waals surface area contributed by atoms with E-state index in [1.807, 2.05) is 0 Å². The zero-order chi connectivity index (χ0) is 26.6. The fraction of sp³-hybridized carbons (Fsp3) is 0.806. The lowest BCUT2D eigenvalue weighted by molar-refractivity contribution is -0.133. The maximum atomic E-state index is 10.5. The molecule has 0 atom stereocenters. The van der Waals surface area contributed by atoms with Crippen molar-refractivity contribution < 1.29 is 19.8 Å². The highest BCUT2D eigenvalue weighted by molar-refractivity contribution is 5.85. The predicted octanol–water partition coefficient (Wildman–Crippen LogP) is 10.3. The molecule has 0 heterocycles. The Morgan fingerprint density at radius 3 is 0.829 bits per heavy atom. The first-order chi connectivity index (χ1) is 16.9. The zero-order valence-corrected chi connectivity index (χ0v) is 23.4. The molecule has 0 aliphatic rings. The molecule has 0 aliphatic heterocycles. The first-order valence-corrected chi connectivity index (χ1v) is 14.7. The van der Waals surface area contributed by atoms with Crippen LogP contribution >= 0.6 is 0 Å². The van der Waals surface area contributed by atoms with Gasteiger partial charge in [0.05, 0.1) is 0 Å². The van der Waals surface area contributed by atoms with Gasteiger partial charge >= 0.3 is 11.9 Å². The van der Waals surface area contributed by atoms with Crippen LogP contribution in [0.1, 0.15) is 162 Å². The molecular formula is C31H58O4. The molecule has 0 rings (SSSR count). The molecule has 2 N–H and O–H groups in total. The summed E-state index contributed by atoms with van der Waals surface area (Å²) in [5.41, 5.74) is 0.704. The number of hydrogen-bond acceptors (Lipinski definition) is 2. The van der Waals surface area contributed by atoms with Gasteiger partial charge in [0.2, 0.25) is 0 Å². The van der Waals surface area contributed by atoms with Gasteiger partial charge in [-0.3, -0.25) is 0 Å². The van der Waals surface area contributed by atoms with Gasteiger partial charge in [0.25, 0.3) is 0 Å². The van der Waals surface area contributed by atoms with Gasteiger partial charge in [0, 0.05) is 11.1 Å². The third-order valence-electron chi connectivity index (χ3n) is 6.52. The molecule has 0 radical (unpaired) electrons. The lowest BCUT2D eigenvalue weighted by Gasteiger charge is -2.02. The Bertz CT molecular complexity index is 524. The Balaban J connectivity index is 0. The topological polar surface area (TPSA) is 74.6 Å². The number of unbranched alkanes of at least 4 members (excludes halogenated alkanes) is 19. The zero-order valence-electron chi connectivity index (χ0n) is 23.4. The van der Waals surface area contributed by atoms with E-state index in [9.17, 15) is 9.59 Å². The summed E-state index contributed by atoms with van der Waals surface area (Å²) in [5.74, 6) is -1.69. The summed E-state index contributed by atoms with van der Waals surface area (Å²) in [6.07, 6.45) is 28.3. The number of carboxylic acid groups (broad SMARTS) is 2. The normalized spacial score (nSPS) is 10.5. The average Bonchev–Trinajstić information content (AvgIpc) is 2.83. The van der Waals surface area contributed by atoms with Crippen molar-refractivity contribution in [1.82, 2.24) is 0 Å². The quantitative estimate of drug-likeness (QED) is 0.0977. The van der Waals surface area contributed by atoms with Crippen LogP contribution in [0.15, 0.2) is 24.3 Å². The molecule has 0 fully saturated rings. The van der Waals surface area contributed by atoms with E-state index in [2.05, 4.69) is 27.0 Å². The number of aliphatic carboxylic acids is 2. The molecule has 0 aromatic carbocycles. The van der Waals surface area contributed by atoms with E-state index in [4.69, 9.17) is 10.2 Å². The lowest BCUT2D eigenvalue weighted by Crippen LogP contribution is -1.98. The van der Waals surface area contributed by atoms with E-state index >= 15 is 0 Å². The Hall–Kier alpha value is -1.58. The predicted molar refractivity (Wildman–Crippen MR) is 151 cm³/mol. The van der Waals surface area contributed by atoms with Crippen molar-refractivity contribution in [3.8, 4) is 0 Å². The minimum atomic E-state index is -0.846. The van der Waals surface area contributed by atoms with Crippen LogP contribution in [0.5, 0.6) is 0 Å². The summed E-state index contributed by atoms with van der Waals surface area (Å²) in [4.78, 5) is 21.0. The molecule has 0 aromatic heterocycles. The maximum Gasteiger partial charge on any atom is 0.330 e. The van der Waals surface area contributed by atoms with Gasteiger partial charge in [0.15, 0.2) is 0 Å². The van der Waals surface area contributed by atoms with Crippen molar-refractivity contribution in [2.45, 2.75) is 162 Å². The standard InChI is InChI=1S/C16H30O2.C15H28O2/c1-3-4-5-6-7-8-9-10-11-12-13-14-15(2)16(17)18;1-3-4-5-6-7-8-9-10-11-12-13-14(2)15(16)17/h2-14H2,1H3,(H,17,18);2-13H2,1H3,(H,16,17). The van der Waals surface area contributed by atoms with Crippen molar-refractivity contribution >= 4 is 11.9 Å². The molecule has 0 saturated heterocycles. The van der Waals surface area contributed by atoms with E-state index in [1.165, 1.54) is 109 Å². The van der Waals surface area contributed by atoms with Gasteiger partial charge in [-0.25, -0.2) is 9.59 Å². The molecule has 4 heteroatoms. The number of rotatable bonds is 25. The monoisotopic (exact) mass is 494 g/mol. The van der Waals surface area contributed by atoms with Crippen molar-refractivity contribution in [1.29, 1.82) is 0 Å². The molecular weight excluding hydrogens is 436 g/mol. The Morgan fingerprint density at radius 1 is 0.429 bits per heavy atom. The van der Waals surface area contributed by atoms with Crippen LogP contribution < -0.4 is 0 Å². The number of carboxylic acids is 2. The fourth-order valence-corrected chi connectivity index (χ4v) is 4.04. The largest absolute Gasteiger partial charge is 0.478 e. The van der Waals surface area contributed by atoms with Crippen LogP contribution in [-0.2, 0) is 9.59 Å². The fourth-order valence-electron chi connectivity index (χ4n) is 4.04. The average molecular weight is 495 g/mol. The number of carbonyl (C=O) groups is 2. The molecule has 0 amide bonds. The van der Waals surface area contributed by atoms with Gasteiger partial charge in [-0.05, 0) is 25.7 Å². The molecule has 206 valence electrons. The van der Waals surface area contributed by atoms with Crippen molar-refractivity contribution in [3.05, 3.63) is 24.3 Å². The molecule has 35 heavy (non-hydrogen) atoms. The summed E-state index contributed by atoms with van der Waals surface area (Å²) < 4.78 is 0. The summed E-state index contributed by atoms with van der Waals surface area (Å²) in [6.45, 7) is 11.6. The van der Waals surface area contributed by atoms with Gasteiger partial charge in [-0.15, -0.1) is 0 Å². The van der Waals surface area contributed by atoms with Crippen molar-refractivity contribution in [2.75, 3.05) is 0 Å². The van der Waals surface area contributed by atoms with E-state index in [0.717, 1.165) is 25.7 Å². The van der Waals surface area contributed by atoms with Crippen LogP contribution in [0.2, 0.25) is 0 Å². The van der Waals surface area contributed by atoms with Crippen LogP contribution in [0.25, 0.3) is 0 Å². The van der Waals surface area contributed by atoms with E-state index in [0.29, 0.717) is 24.0 Å². The number of hydrogen-bond donors (Lipinski definition) is 2. The van der Waals surface area contributed by atoms with E-state index in [-0.39, 0.29) is 0 Å². The summed E-state index contributed by atoms with van der Waals surface area (Å²) >= 11 is 0. The Kier molecular flexibility index (Phi) is 29.1. The third-order valence-corrected chi connectivity index (χ3v) is 6.52. The van der Waals surface area contributed by atoms with Crippen molar-refractivity contribution in [2.24, 2.45) is 0 Å².